The third-order valence-corrected chi connectivity index (χ3v) is 6.14. The van der Waals surface area contributed by atoms with Crippen molar-refractivity contribution < 1.29 is 13.2 Å². The fraction of sp³-hybridized carbons (Fsp3) is 0.235. The van der Waals surface area contributed by atoms with Crippen molar-refractivity contribution in [2.45, 2.75) is 31.7 Å². The number of nitrogens with zero attached hydrogens (tertiary/aromatic N) is 2. The molecule has 0 saturated heterocycles. The van der Waals surface area contributed by atoms with Gasteiger partial charge in [-0.2, -0.15) is 0 Å². The van der Waals surface area contributed by atoms with Crippen LogP contribution in [-0.4, -0.2) is 30.0 Å². The van der Waals surface area contributed by atoms with E-state index < -0.39 is 21.5 Å². The molecule has 3 aromatic rings. The van der Waals surface area contributed by atoms with E-state index in [4.69, 9.17) is 0 Å². The SMILES string of the molecule is Cc1nc2sccc2c(=O)n1NC(=O)c1cccc(S(=O)(=O)NC(C)C)c1. The van der Waals surface area contributed by atoms with Crippen LogP contribution in [0, 0.1) is 6.92 Å². The molecular formula is C17H18N4O4S2. The van der Waals surface area contributed by atoms with E-state index in [-0.39, 0.29) is 16.5 Å². The Balaban J connectivity index is 1.94. The van der Waals surface area contributed by atoms with E-state index >= 15 is 0 Å². The average molecular weight is 406 g/mol. The molecule has 0 saturated carbocycles. The summed E-state index contributed by atoms with van der Waals surface area (Å²) in [6.07, 6.45) is 0. The number of nitrogens with one attached hydrogen (secondary N) is 2. The van der Waals surface area contributed by atoms with Crippen LogP contribution in [0.25, 0.3) is 10.2 Å². The van der Waals surface area contributed by atoms with E-state index in [2.05, 4.69) is 15.1 Å². The lowest BCUT2D eigenvalue weighted by molar-refractivity contribution is 0.101. The van der Waals surface area contributed by atoms with Gasteiger partial charge in [0.15, 0.2) is 0 Å². The number of carbonyl (C=O) groups excluding carboxylic acids is 1. The number of rotatable bonds is 5. The highest BCUT2D eigenvalue weighted by Crippen LogP contribution is 2.15. The molecule has 0 aliphatic rings. The zero-order chi connectivity index (χ0) is 19.8. The van der Waals surface area contributed by atoms with Crippen LogP contribution in [0.4, 0.5) is 0 Å². The maximum absolute atomic E-state index is 12.6. The Bertz CT molecular complexity index is 1180. The number of aromatic nitrogens is 2. The summed E-state index contributed by atoms with van der Waals surface area (Å²) in [5, 5.41) is 2.16. The normalized spacial score (nSPS) is 11.9. The second-order valence-corrected chi connectivity index (χ2v) is 8.79. The first-order valence-electron chi connectivity index (χ1n) is 8.09. The lowest BCUT2D eigenvalue weighted by atomic mass is 10.2. The van der Waals surface area contributed by atoms with E-state index in [1.54, 1.807) is 32.2 Å². The van der Waals surface area contributed by atoms with Crippen LogP contribution in [0.1, 0.15) is 30.0 Å². The molecule has 0 radical (unpaired) electrons. The zero-order valence-electron chi connectivity index (χ0n) is 14.9. The quantitative estimate of drug-likeness (QED) is 0.672. The molecule has 0 atom stereocenters. The molecule has 27 heavy (non-hydrogen) atoms. The molecule has 0 aliphatic heterocycles. The van der Waals surface area contributed by atoms with Gasteiger partial charge in [-0.25, -0.2) is 22.8 Å². The average Bonchev–Trinajstić information content (AvgIpc) is 3.06. The topological polar surface area (TPSA) is 110 Å². The Hall–Kier alpha value is -2.56. The standard InChI is InChI=1S/C17H18N4O4S2/c1-10(2)20-27(24,25)13-6-4-5-12(9-13)15(22)19-21-11(3)18-16-14(17(21)23)7-8-26-16/h4-10,20H,1-3H3,(H,19,22). The molecule has 0 bridgehead atoms. The van der Waals surface area contributed by atoms with Crippen molar-refractivity contribution in [2.75, 3.05) is 5.43 Å². The summed E-state index contributed by atoms with van der Waals surface area (Å²) < 4.78 is 28.1. The lowest BCUT2D eigenvalue weighted by Crippen LogP contribution is -2.35. The first kappa shape index (κ1) is 19.2. The van der Waals surface area contributed by atoms with Gasteiger partial charge in [0.05, 0.1) is 10.3 Å². The number of aryl methyl sites for hydroxylation is 1. The highest BCUT2D eigenvalue weighted by molar-refractivity contribution is 7.89. The van der Waals surface area contributed by atoms with Crippen LogP contribution in [0.2, 0.25) is 0 Å². The van der Waals surface area contributed by atoms with Gasteiger partial charge in [-0.05, 0) is 50.4 Å². The fourth-order valence-corrected chi connectivity index (χ4v) is 4.59. The van der Waals surface area contributed by atoms with Gasteiger partial charge in [-0.15, -0.1) is 11.3 Å². The zero-order valence-corrected chi connectivity index (χ0v) is 16.5. The van der Waals surface area contributed by atoms with Crippen molar-refractivity contribution in [1.82, 2.24) is 14.4 Å². The van der Waals surface area contributed by atoms with Gasteiger partial charge >= 0.3 is 0 Å². The maximum Gasteiger partial charge on any atom is 0.281 e. The van der Waals surface area contributed by atoms with E-state index in [1.165, 1.54) is 35.6 Å². The number of fused-ring (bicyclic) bond motifs is 1. The molecular weight excluding hydrogens is 388 g/mol. The summed E-state index contributed by atoms with van der Waals surface area (Å²) in [5.74, 6) is -0.285. The summed E-state index contributed by atoms with van der Waals surface area (Å²) in [7, 11) is -3.74. The second-order valence-electron chi connectivity index (χ2n) is 6.18. The third-order valence-electron chi connectivity index (χ3n) is 3.68. The Morgan fingerprint density at radius 1 is 1.26 bits per heavy atom. The molecule has 1 aromatic carbocycles. The van der Waals surface area contributed by atoms with E-state index in [0.717, 1.165) is 4.68 Å². The van der Waals surface area contributed by atoms with E-state index in [0.29, 0.717) is 16.0 Å². The molecule has 8 nitrogen and oxygen atoms in total. The summed E-state index contributed by atoms with van der Waals surface area (Å²) in [4.78, 5) is 30.0. The molecule has 0 aliphatic carbocycles. The van der Waals surface area contributed by atoms with E-state index in [1.807, 2.05) is 0 Å². The molecule has 2 N–H and O–H groups in total. The van der Waals surface area contributed by atoms with Crippen LogP contribution in [0.15, 0.2) is 45.4 Å². The smallest absolute Gasteiger partial charge is 0.267 e. The molecule has 142 valence electrons. The van der Waals surface area contributed by atoms with Gasteiger partial charge in [0.25, 0.3) is 11.5 Å². The van der Waals surface area contributed by atoms with Crippen LogP contribution in [-0.2, 0) is 10.0 Å². The van der Waals surface area contributed by atoms with Crippen LogP contribution in [0.5, 0.6) is 0 Å². The number of thiophene rings is 1. The second kappa shape index (κ2) is 7.22. The Morgan fingerprint density at radius 2 is 2.00 bits per heavy atom. The Kier molecular flexibility index (Phi) is 5.13. The van der Waals surface area contributed by atoms with Gasteiger partial charge in [0.1, 0.15) is 10.7 Å². The summed E-state index contributed by atoms with van der Waals surface area (Å²) in [6, 6.07) is 6.97. The first-order chi connectivity index (χ1) is 12.7. The van der Waals surface area contributed by atoms with Crippen molar-refractivity contribution in [1.29, 1.82) is 0 Å². The Labute approximate surface area is 159 Å². The van der Waals surface area contributed by atoms with Gasteiger partial charge in [0.2, 0.25) is 10.0 Å². The third kappa shape index (κ3) is 3.92. The molecule has 2 aromatic heterocycles. The lowest BCUT2D eigenvalue weighted by Gasteiger charge is -2.12. The predicted molar refractivity (Wildman–Crippen MR) is 104 cm³/mol. The number of hydrogen-bond acceptors (Lipinski definition) is 6. The molecule has 10 heteroatoms. The van der Waals surface area contributed by atoms with Gasteiger partial charge in [-0.1, -0.05) is 6.07 Å². The predicted octanol–water partition coefficient (Wildman–Crippen LogP) is 1.84. The van der Waals surface area contributed by atoms with Gasteiger partial charge in [0, 0.05) is 11.6 Å². The van der Waals surface area contributed by atoms with Crippen LogP contribution in [0.3, 0.4) is 0 Å². The van der Waals surface area contributed by atoms with Crippen molar-refractivity contribution in [3.8, 4) is 0 Å². The molecule has 0 spiro atoms. The minimum atomic E-state index is -3.74. The molecule has 0 fully saturated rings. The number of carbonyl (C=O) groups is 1. The minimum Gasteiger partial charge on any atom is -0.267 e. The fourth-order valence-electron chi connectivity index (χ4n) is 2.50. The molecule has 1 amide bonds. The highest BCUT2D eigenvalue weighted by atomic mass is 32.2. The van der Waals surface area contributed by atoms with Crippen LogP contribution < -0.4 is 15.7 Å². The van der Waals surface area contributed by atoms with Gasteiger partial charge in [-0.3, -0.25) is 15.0 Å². The summed E-state index contributed by atoms with van der Waals surface area (Å²) in [6.45, 7) is 5.02. The number of hydrogen-bond donors (Lipinski definition) is 2. The minimum absolute atomic E-state index is 0.0284. The van der Waals surface area contributed by atoms with Gasteiger partial charge < -0.3 is 0 Å². The summed E-state index contributed by atoms with van der Waals surface area (Å²) in [5.41, 5.74) is 2.21. The number of sulfonamides is 1. The van der Waals surface area contributed by atoms with Crippen molar-refractivity contribution >= 4 is 37.5 Å². The molecule has 3 rings (SSSR count). The monoisotopic (exact) mass is 406 g/mol. The number of amides is 1. The highest BCUT2D eigenvalue weighted by Gasteiger charge is 2.18. The maximum atomic E-state index is 12.6. The van der Waals surface area contributed by atoms with Crippen molar-refractivity contribution in [3.63, 3.8) is 0 Å². The Morgan fingerprint density at radius 3 is 2.70 bits per heavy atom. The van der Waals surface area contributed by atoms with E-state index in [9.17, 15) is 18.0 Å². The largest absolute Gasteiger partial charge is 0.281 e. The molecule has 0 unspecified atom stereocenters. The molecule has 2 heterocycles. The summed E-state index contributed by atoms with van der Waals surface area (Å²) >= 11 is 1.34. The van der Waals surface area contributed by atoms with Crippen molar-refractivity contribution in [2.24, 2.45) is 0 Å². The van der Waals surface area contributed by atoms with Crippen molar-refractivity contribution in [3.05, 3.63) is 57.5 Å². The first-order valence-corrected chi connectivity index (χ1v) is 10.5. The number of benzene rings is 1. The van der Waals surface area contributed by atoms with Crippen LogP contribution >= 0.6 is 11.3 Å².